The molecule has 0 radical (unpaired) electrons. The van der Waals surface area contributed by atoms with Crippen LogP contribution in [0.5, 0.6) is 0 Å². The Balaban J connectivity index is 2.28. The molecule has 100 valence electrons. The quantitative estimate of drug-likeness (QED) is 0.729. The lowest BCUT2D eigenvalue weighted by Gasteiger charge is -2.34. The lowest BCUT2D eigenvalue weighted by Crippen LogP contribution is -2.41. The minimum Gasteiger partial charge on any atom is -0.460 e. The Morgan fingerprint density at radius 2 is 1.82 bits per heavy atom. The number of carbonyl (C=O) groups is 1. The van der Waals surface area contributed by atoms with Gasteiger partial charge in [0.1, 0.15) is 5.60 Å². The molecule has 1 aliphatic heterocycles. The van der Waals surface area contributed by atoms with Gasteiger partial charge < -0.3 is 9.64 Å². The molecule has 0 aromatic carbocycles. The van der Waals surface area contributed by atoms with Crippen molar-refractivity contribution in [3.8, 4) is 0 Å². The van der Waals surface area contributed by atoms with Gasteiger partial charge in [0.2, 0.25) is 0 Å². The Morgan fingerprint density at radius 1 is 1.29 bits per heavy atom. The van der Waals surface area contributed by atoms with Crippen LogP contribution in [-0.4, -0.2) is 46.6 Å². The minimum absolute atomic E-state index is 0.0870. The van der Waals surface area contributed by atoms with E-state index in [0.29, 0.717) is 16.9 Å². The highest BCUT2D eigenvalue weighted by Crippen LogP contribution is 2.24. The van der Waals surface area contributed by atoms with Gasteiger partial charge in [-0.3, -0.25) is 4.79 Å². The van der Waals surface area contributed by atoms with Gasteiger partial charge in [-0.2, -0.15) is 11.8 Å². The molecular weight excluding hydrogens is 234 g/mol. The average Bonchev–Trinajstić information content (AvgIpc) is 2.10. The second kappa shape index (κ2) is 6.10. The number of thioether (sulfide) groups is 1. The fourth-order valence-electron chi connectivity index (χ4n) is 2.11. The van der Waals surface area contributed by atoms with E-state index in [1.54, 1.807) is 0 Å². The van der Waals surface area contributed by atoms with Crippen LogP contribution in [0.15, 0.2) is 0 Å². The van der Waals surface area contributed by atoms with Gasteiger partial charge in [0.25, 0.3) is 0 Å². The molecular formula is C13H25NO2S. The molecule has 0 spiro atoms. The number of nitrogens with zero attached hydrogens (tertiary/aromatic N) is 1. The van der Waals surface area contributed by atoms with Crippen molar-refractivity contribution in [2.24, 2.45) is 0 Å². The van der Waals surface area contributed by atoms with E-state index in [1.165, 1.54) is 0 Å². The van der Waals surface area contributed by atoms with Crippen LogP contribution in [0, 0.1) is 0 Å². The largest absolute Gasteiger partial charge is 0.460 e. The van der Waals surface area contributed by atoms with Crippen LogP contribution in [0.4, 0.5) is 0 Å². The van der Waals surface area contributed by atoms with Crippen LogP contribution in [0.3, 0.4) is 0 Å². The zero-order valence-corrected chi connectivity index (χ0v) is 12.5. The molecule has 0 saturated carbocycles. The van der Waals surface area contributed by atoms with Crippen LogP contribution >= 0.6 is 11.8 Å². The zero-order valence-electron chi connectivity index (χ0n) is 11.7. The van der Waals surface area contributed by atoms with Crippen molar-refractivity contribution in [1.82, 2.24) is 4.90 Å². The van der Waals surface area contributed by atoms with E-state index in [-0.39, 0.29) is 11.6 Å². The summed E-state index contributed by atoms with van der Waals surface area (Å²) in [7, 11) is 0. The van der Waals surface area contributed by atoms with Crippen LogP contribution in [0.1, 0.15) is 41.0 Å². The lowest BCUT2D eigenvalue weighted by atomic mass is 10.2. The third-order valence-corrected chi connectivity index (χ3v) is 3.77. The van der Waals surface area contributed by atoms with E-state index in [0.717, 1.165) is 19.6 Å². The molecule has 0 aliphatic carbocycles. The van der Waals surface area contributed by atoms with Crippen LogP contribution in [-0.2, 0) is 9.53 Å². The zero-order chi connectivity index (χ0) is 13.1. The Hall–Kier alpha value is -0.220. The third-order valence-electron chi connectivity index (χ3n) is 2.55. The first-order valence-corrected chi connectivity index (χ1v) is 7.30. The Bertz CT molecular complexity index is 253. The molecule has 0 bridgehead atoms. The number of ether oxygens (including phenoxy) is 1. The normalized spacial score (nSPS) is 26.9. The molecule has 0 aromatic rings. The van der Waals surface area contributed by atoms with Gasteiger partial charge in [-0.15, -0.1) is 0 Å². The van der Waals surface area contributed by atoms with Gasteiger partial charge >= 0.3 is 5.97 Å². The average molecular weight is 259 g/mol. The maximum Gasteiger partial charge on any atom is 0.307 e. The van der Waals surface area contributed by atoms with E-state index >= 15 is 0 Å². The summed E-state index contributed by atoms with van der Waals surface area (Å²) in [5, 5.41) is 1.33. The topological polar surface area (TPSA) is 29.5 Å². The summed E-state index contributed by atoms with van der Waals surface area (Å²) in [6, 6.07) is 0. The highest BCUT2D eigenvalue weighted by Gasteiger charge is 2.23. The maximum atomic E-state index is 11.6. The van der Waals surface area contributed by atoms with Gasteiger partial charge in [-0.1, -0.05) is 13.8 Å². The van der Waals surface area contributed by atoms with E-state index < -0.39 is 0 Å². The summed E-state index contributed by atoms with van der Waals surface area (Å²) in [6.07, 6.45) is 0.501. The summed E-state index contributed by atoms with van der Waals surface area (Å²) in [4.78, 5) is 14.0. The smallest absolute Gasteiger partial charge is 0.307 e. The van der Waals surface area contributed by atoms with Crippen molar-refractivity contribution in [3.63, 3.8) is 0 Å². The molecule has 0 N–H and O–H groups in total. The maximum absolute atomic E-state index is 11.6. The molecule has 2 unspecified atom stereocenters. The second-order valence-corrected chi connectivity index (χ2v) is 7.73. The third kappa shape index (κ3) is 6.32. The van der Waals surface area contributed by atoms with Crippen LogP contribution < -0.4 is 0 Å². The van der Waals surface area contributed by atoms with Gasteiger partial charge in [0.05, 0.1) is 6.42 Å². The molecule has 1 aliphatic rings. The van der Waals surface area contributed by atoms with Crippen molar-refractivity contribution in [2.75, 3.05) is 19.6 Å². The van der Waals surface area contributed by atoms with E-state index in [1.807, 2.05) is 32.5 Å². The molecule has 1 saturated heterocycles. The van der Waals surface area contributed by atoms with E-state index in [2.05, 4.69) is 18.7 Å². The molecule has 3 nitrogen and oxygen atoms in total. The van der Waals surface area contributed by atoms with E-state index in [4.69, 9.17) is 4.74 Å². The number of esters is 1. The van der Waals surface area contributed by atoms with Crippen LogP contribution in [0.2, 0.25) is 0 Å². The van der Waals surface area contributed by atoms with Crippen molar-refractivity contribution in [3.05, 3.63) is 0 Å². The molecule has 2 atom stereocenters. The van der Waals surface area contributed by atoms with Crippen LogP contribution in [0.25, 0.3) is 0 Å². The number of carbonyl (C=O) groups excluding carboxylic acids is 1. The molecule has 4 heteroatoms. The molecule has 0 amide bonds. The number of rotatable bonds is 3. The van der Waals surface area contributed by atoms with Crippen molar-refractivity contribution in [2.45, 2.75) is 57.1 Å². The fourth-order valence-corrected chi connectivity index (χ4v) is 3.50. The predicted molar refractivity (Wildman–Crippen MR) is 73.4 cm³/mol. The Labute approximate surface area is 109 Å². The van der Waals surface area contributed by atoms with Gasteiger partial charge in [-0.25, -0.2) is 0 Å². The SMILES string of the molecule is CC1CN(CCC(=O)OC(C)(C)C)CC(C)S1. The van der Waals surface area contributed by atoms with Gasteiger partial charge in [0.15, 0.2) is 0 Å². The first-order valence-electron chi connectivity index (χ1n) is 6.36. The Kier molecular flexibility index (Phi) is 5.32. The molecule has 17 heavy (non-hydrogen) atoms. The second-order valence-electron chi connectivity index (χ2n) is 5.85. The standard InChI is InChI=1S/C13H25NO2S/c1-10-8-14(9-11(2)17-10)7-6-12(15)16-13(3,4)5/h10-11H,6-9H2,1-5H3. The summed E-state index contributed by atoms with van der Waals surface area (Å²) >= 11 is 2.03. The highest BCUT2D eigenvalue weighted by molar-refractivity contribution is 8.00. The number of hydrogen-bond donors (Lipinski definition) is 0. The molecule has 1 heterocycles. The summed E-state index contributed by atoms with van der Waals surface area (Å²) in [5.74, 6) is -0.0870. The lowest BCUT2D eigenvalue weighted by molar-refractivity contribution is -0.155. The minimum atomic E-state index is -0.366. The van der Waals surface area contributed by atoms with Gasteiger partial charge in [0, 0.05) is 30.1 Å². The summed E-state index contributed by atoms with van der Waals surface area (Å²) in [6.45, 7) is 13.2. The van der Waals surface area contributed by atoms with Gasteiger partial charge in [-0.05, 0) is 20.8 Å². The molecule has 0 aromatic heterocycles. The summed E-state index contributed by atoms with van der Waals surface area (Å²) < 4.78 is 5.31. The van der Waals surface area contributed by atoms with Crippen molar-refractivity contribution in [1.29, 1.82) is 0 Å². The fraction of sp³-hybridized carbons (Fsp3) is 0.923. The Morgan fingerprint density at radius 3 is 2.29 bits per heavy atom. The summed E-state index contributed by atoms with van der Waals surface area (Å²) in [5.41, 5.74) is -0.366. The first kappa shape index (κ1) is 14.8. The first-order chi connectivity index (χ1) is 7.76. The van der Waals surface area contributed by atoms with Crippen molar-refractivity contribution < 1.29 is 9.53 Å². The molecule has 1 fully saturated rings. The highest BCUT2D eigenvalue weighted by atomic mass is 32.2. The van der Waals surface area contributed by atoms with Crippen molar-refractivity contribution >= 4 is 17.7 Å². The molecule has 1 rings (SSSR count). The monoisotopic (exact) mass is 259 g/mol. The van der Waals surface area contributed by atoms with E-state index in [9.17, 15) is 4.79 Å². The predicted octanol–water partition coefficient (Wildman–Crippen LogP) is 2.54. The number of hydrogen-bond acceptors (Lipinski definition) is 4.